The molecule has 0 unspecified atom stereocenters. The SMILES string of the molecule is COc1ccc(CC2CCN(CC(=O)NCC(=O)O)CC2)cc1.Cl. The maximum atomic E-state index is 11.6. The monoisotopic (exact) mass is 356 g/mol. The van der Waals surface area contributed by atoms with Gasteiger partial charge in [0.2, 0.25) is 5.91 Å². The second-order valence-electron chi connectivity index (χ2n) is 5.94. The standard InChI is InChI=1S/C17H24N2O4.ClH/c1-23-15-4-2-13(3-5-15)10-14-6-8-19(9-7-14)12-16(20)18-11-17(21)22;/h2-5,14H,6-12H2,1H3,(H,18,20)(H,21,22);1H. The maximum Gasteiger partial charge on any atom is 0.322 e. The molecule has 134 valence electrons. The van der Waals surface area contributed by atoms with Gasteiger partial charge < -0.3 is 15.2 Å². The minimum Gasteiger partial charge on any atom is -0.497 e. The van der Waals surface area contributed by atoms with Crippen molar-refractivity contribution in [2.45, 2.75) is 19.3 Å². The first-order valence-corrected chi connectivity index (χ1v) is 7.90. The maximum absolute atomic E-state index is 11.6. The van der Waals surface area contributed by atoms with Crippen LogP contribution < -0.4 is 10.1 Å². The highest BCUT2D eigenvalue weighted by molar-refractivity contribution is 5.85. The molecule has 0 spiro atoms. The van der Waals surface area contributed by atoms with Crippen LogP contribution in [0, 0.1) is 5.92 Å². The Labute approximate surface area is 148 Å². The van der Waals surface area contributed by atoms with Crippen LogP contribution in [0.25, 0.3) is 0 Å². The molecule has 0 bridgehead atoms. The van der Waals surface area contributed by atoms with Crippen molar-refractivity contribution in [2.75, 3.05) is 33.3 Å². The average molecular weight is 357 g/mol. The van der Waals surface area contributed by atoms with Crippen molar-refractivity contribution in [3.05, 3.63) is 29.8 Å². The number of hydrogen-bond acceptors (Lipinski definition) is 4. The second-order valence-corrected chi connectivity index (χ2v) is 5.94. The Bertz CT molecular complexity index is 528. The van der Waals surface area contributed by atoms with E-state index >= 15 is 0 Å². The summed E-state index contributed by atoms with van der Waals surface area (Å²) in [6, 6.07) is 8.17. The number of carboxylic acid groups (broad SMARTS) is 1. The highest BCUT2D eigenvalue weighted by Gasteiger charge is 2.21. The summed E-state index contributed by atoms with van der Waals surface area (Å²) in [7, 11) is 1.66. The summed E-state index contributed by atoms with van der Waals surface area (Å²) in [6.45, 7) is 1.72. The molecule has 0 aliphatic carbocycles. The molecule has 1 aliphatic heterocycles. The van der Waals surface area contributed by atoms with E-state index in [2.05, 4.69) is 22.3 Å². The quantitative estimate of drug-likeness (QED) is 0.775. The number of likely N-dealkylation sites (tertiary alicyclic amines) is 1. The number of benzene rings is 1. The summed E-state index contributed by atoms with van der Waals surface area (Å²) in [5.74, 6) is 0.259. The topological polar surface area (TPSA) is 78.9 Å². The lowest BCUT2D eigenvalue weighted by molar-refractivity contribution is -0.138. The zero-order chi connectivity index (χ0) is 16.7. The third-order valence-electron chi connectivity index (χ3n) is 4.19. The first kappa shape index (κ1) is 20.3. The number of hydrogen-bond donors (Lipinski definition) is 2. The molecule has 1 aromatic carbocycles. The number of amides is 1. The summed E-state index contributed by atoms with van der Waals surface area (Å²) >= 11 is 0. The van der Waals surface area contributed by atoms with Gasteiger partial charge in [0, 0.05) is 0 Å². The summed E-state index contributed by atoms with van der Waals surface area (Å²) in [6.07, 6.45) is 3.15. The number of nitrogens with zero attached hydrogens (tertiary/aromatic N) is 1. The van der Waals surface area contributed by atoms with E-state index in [9.17, 15) is 9.59 Å². The number of rotatable bonds is 7. The smallest absolute Gasteiger partial charge is 0.322 e. The summed E-state index contributed by atoms with van der Waals surface area (Å²) < 4.78 is 5.16. The molecule has 1 aromatic rings. The van der Waals surface area contributed by atoms with Crippen molar-refractivity contribution >= 4 is 24.3 Å². The van der Waals surface area contributed by atoms with Gasteiger partial charge in [0.1, 0.15) is 12.3 Å². The Morgan fingerprint density at radius 2 is 1.88 bits per heavy atom. The van der Waals surface area contributed by atoms with Crippen molar-refractivity contribution in [2.24, 2.45) is 5.92 Å². The minimum absolute atomic E-state index is 0. The minimum atomic E-state index is -1.02. The first-order valence-electron chi connectivity index (χ1n) is 7.90. The van der Waals surface area contributed by atoms with Crippen molar-refractivity contribution in [3.8, 4) is 5.75 Å². The largest absolute Gasteiger partial charge is 0.497 e. The fourth-order valence-electron chi connectivity index (χ4n) is 2.88. The van der Waals surface area contributed by atoms with Gasteiger partial charge >= 0.3 is 5.97 Å². The Hall–Kier alpha value is -1.79. The Balaban J connectivity index is 0.00000288. The van der Waals surface area contributed by atoms with E-state index in [0.29, 0.717) is 5.92 Å². The van der Waals surface area contributed by atoms with Crippen LogP contribution in [0.1, 0.15) is 18.4 Å². The lowest BCUT2D eigenvalue weighted by Crippen LogP contribution is -2.42. The highest BCUT2D eigenvalue weighted by Crippen LogP contribution is 2.22. The highest BCUT2D eigenvalue weighted by atomic mass is 35.5. The predicted molar refractivity (Wildman–Crippen MR) is 93.8 cm³/mol. The molecule has 0 saturated carbocycles. The number of carbonyl (C=O) groups is 2. The zero-order valence-electron chi connectivity index (χ0n) is 13.9. The van der Waals surface area contributed by atoms with Gasteiger partial charge in [-0.05, 0) is 56.0 Å². The molecule has 2 rings (SSSR count). The molecule has 7 heteroatoms. The first-order chi connectivity index (χ1) is 11.1. The molecule has 2 N–H and O–H groups in total. The van der Waals surface area contributed by atoms with Crippen LogP contribution in [0.15, 0.2) is 24.3 Å². The van der Waals surface area contributed by atoms with Gasteiger partial charge in [-0.25, -0.2) is 0 Å². The second kappa shape index (κ2) is 10.2. The van der Waals surface area contributed by atoms with Crippen LogP contribution in [-0.2, 0) is 16.0 Å². The van der Waals surface area contributed by atoms with Gasteiger partial charge in [-0.2, -0.15) is 0 Å². The molecule has 1 aliphatic rings. The molecule has 24 heavy (non-hydrogen) atoms. The molecule has 1 fully saturated rings. The van der Waals surface area contributed by atoms with Crippen LogP contribution in [0.2, 0.25) is 0 Å². The Morgan fingerprint density at radius 1 is 1.25 bits per heavy atom. The molecule has 0 radical (unpaired) electrons. The number of methoxy groups -OCH3 is 1. The molecule has 1 amide bonds. The molecule has 6 nitrogen and oxygen atoms in total. The van der Waals surface area contributed by atoms with Crippen molar-refractivity contribution in [3.63, 3.8) is 0 Å². The lowest BCUT2D eigenvalue weighted by atomic mass is 9.90. The molecule has 0 atom stereocenters. The third-order valence-corrected chi connectivity index (χ3v) is 4.19. The Morgan fingerprint density at radius 3 is 2.42 bits per heavy atom. The van der Waals surface area contributed by atoms with Crippen molar-refractivity contribution in [1.82, 2.24) is 10.2 Å². The summed E-state index contributed by atoms with van der Waals surface area (Å²) in [5.41, 5.74) is 1.31. The van der Waals surface area contributed by atoms with Gasteiger partial charge in [0.25, 0.3) is 0 Å². The van der Waals surface area contributed by atoms with Gasteiger partial charge in [-0.15, -0.1) is 12.4 Å². The van der Waals surface area contributed by atoms with Gasteiger partial charge in [0.15, 0.2) is 0 Å². The van der Waals surface area contributed by atoms with Crippen LogP contribution in [0.4, 0.5) is 0 Å². The Kier molecular flexibility index (Phi) is 8.57. The van der Waals surface area contributed by atoms with Crippen molar-refractivity contribution in [1.29, 1.82) is 0 Å². The van der Waals surface area contributed by atoms with Gasteiger partial charge in [-0.3, -0.25) is 14.5 Å². The van der Waals surface area contributed by atoms with Crippen LogP contribution in [0.5, 0.6) is 5.75 Å². The molecular formula is C17H25ClN2O4. The average Bonchev–Trinajstić information content (AvgIpc) is 2.55. The van der Waals surface area contributed by atoms with Crippen molar-refractivity contribution < 1.29 is 19.4 Å². The normalized spacial score (nSPS) is 15.4. The number of carbonyl (C=O) groups excluding carboxylic acids is 1. The van der Waals surface area contributed by atoms with Gasteiger partial charge in [-0.1, -0.05) is 12.1 Å². The van der Waals surface area contributed by atoms with Crippen LogP contribution in [0.3, 0.4) is 0 Å². The van der Waals surface area contributed by atoms with E-state index < -0.39 is 5.97 Å². The van der Waals surface area contributed by atoms with E-state index in [1.165, 1.54) is 5.56 Å². The zero-order valence-corrected chi connectivity index (χ0v) is 14.7. The van der Waals surface area contributed by atoms with E-state index in [1.54, 1.807) is 7.11 Å². The number of piperidine rings is 1. The molecule has 0 aromatic heterocycles. The molecule has 1 saturated heterocycles. The van der Waals surface area contributed by atoms with Gasteiger partial charge in [0.05, 0.1) is 13.7 Å². The number of ether oxygens (including phenoxy) is 1. The predicted octanol–water partition coefficient (Wildman–Crippen LogP) is 1.57. The molecular weight excluding hydrogens is 332 g/mol. The van der Waals surface area contributed by atoms with E-state index in [1.807, 2.05) is 12.1 Å². The van der Waals surface area contributed by atoms with E-state index in [-0.39, 0.29) is 31.4 Å². The number of halogens is 1. The number of carboxylic acids is 1. The van der Waals surface area contributed by atoms with Crippen LogP contribution >= 0.6 is 12.4 Å². The fourth-order valence-corrected chi connectivity index (χ4v) is 2.88. The number of aliphatic carboxylic acids is 1. The third kappa shape index (κ3) is 6.76. The molecule has 1 heterocycles. The van der Waals surface area contributed by atoms with E-state index in [4.69, 9.17) is 9.84 Å². The summed E-state index contributed by atoms with van der Waals surface area (Å²) in [5, 5.41) is 10.9. The lowest BCUT2D eigenvalue weighted by Gasteiger charge is -2.31. The van der Waals surface area contributed by atoms with Crippen LogP contribution in [-0.4, -0.2) is 55.2 Å². The number of nitrogens with one attached hydrogen (secondary N) is 1. The van der Waals surface area contributed by atoms with E-state index in [0.717, 1.165) is 38.1 Å². The fraction of sp³-hybridized carbons (Fsp3) is 0.529. The summed E-state index contributed by atoms with van der Waals surface area (Å²) in [4.78, 5) is 24.1.